The maximum absolute atomic E-state index is 14.7. The average molecular weight is 529 g/mol. The van der Waals surface area contributed by atoms with Gasteiger partial charge >= 0.3 is 0 Å². The van der Waals surface area contributed by atoms with Crippen molar-refractivity contribution < 1.29 is 14.3 Å². The number of hydrogen-bond donors (Lipinski definition) is 0. The minimum absolute atomic E-state index is 0.140. The van der Waals surface area contributed by atoms with Crippen LogP contribution in [0.1, 0.15) is 43.0 Å². The van der Waals surface area contributed by atoms with E-state index in [-0.39, 0.29) is 17.3 Å². The molecule has 0 amide bonds. The quantitative estimate of drug-likeness (QED) is 0.239. The predicted octanol–water partition coefficient (Wildman–Crippen LogP) is 7.81. The van der Waals surface area contributed by atoms with Gasteiger partial charge in [0.05, 0.1) is 5.57 Å². The summed E-state index contributed by atoms with van der Waals surface area (Å²) in [5.74, 6) is -0.284. The zero-order chi connectivity index (χ0) is 27.6. The summed E-state index contributed by atoms with van der Waals surface area (Å²) in [6, 6.07) is 47.6. The number of allylic oxidation sites excluding steroid dienone is 1. The van der Waals surface area contributed by atoms with E-state index < -0.39 is 11.0 Å². The van der Waals surface area contributed by atoms with E-state index in [0.717, 1.165) is 33.4 Å². The number of ether oxygens (including phenoxy) is 1. The molecule has 5 aromatic rings. The molecule has 2 aliphatic carbocycles. The highest BCUT2D eigenvalue weighted by Crippen LogP contribution is 2.76. The van der Waals surface area contributed by atoms with Crippen LogP contribution in [0.15, 0.2) is 157 Å². The van der Waals surface area contributed by atoms with Crippen molar-refractivity contribution in [1.29, 1.82) is 0 Å². The first kappa shape index (κ1) is 23.6. The van der Waals surface area contributed by atoms with Gasteiger partial charge in [-0.2, -0.15) is 0 Å². The summed E-state index contributed by atoms with van der Waals surface area (Å²) in [6.45, 7) is 0. The SMILES string of the molecule is O=C1C2=C(C(=O)c3ccccc31)[C@]1(c3ccccc3)C(c3ccccc3)=C(c3ccccc3)[C@]1(c1ccccc1)O2. The van der Waals surface area contributed by atoms with E-state index in [4.69, 9.17) is 4.74 Å². The molecule has 3 nitrogen and oxygen atoms in total. The van der Waals surface area contributed by atoms with Crippen LogP contribution >= 0.6 is 0 Å². The third-order valence-corrected chi connectivity index (χ3v) is 8.72. The highest BCUT2D eigenvalue weighted by Gasteiger charge is 2.76. The molecule has 0 spiro atoms. The lowest BCUT2D eigenvalue weighted by atomic mass is 9.43. The van der Waals surface area contributed by atoms with Gasteiger partial charge in [-0.1, -0.05) is 146 Å². The highest BCUT2D eigenvalue weighted by atomic mass is 16.5. The van der Waals surface area contributed by atoms with Gasteiger partial charge in [-0.05, 0) is 22.3 Å². The number of benzene rings is 5. The molecule has 0 radical (unpaired) electrons. The van der Waals surface area contributed by atoms with Gasteiger partial charge in [-0.15, -0.1) is 0 Å². The summed E-state index contributed by atoms with van der Waals surface area (Å²) >= 11 is 0. The monoisotopic (exact) mass is 528 g/mol. The molecule has 0 saturated carbocycles. The van der Waals surface area contributed by atoms with Gasteiger partial charge < -0.3 is 4.74 Å². The van der Waals surface area contributed by atoms with E-state index in [0.29, 0.717) is 16.7 Å². The second-order valence-corrected chi connectivity index (χ2v) is 10.7. The molecule has 5 aromatic carbocycles. The molecule has 3 heteroatoms. The van der Waals surface area contributed by atoms with E-state index in [1.165, 1.54) is 0 Å². The van der Waals surface area contributed by atoms with Crippen LogP contribution in [0.5, 0.6) is 0 Å². The fourth-order valence-electron chi connectivity index (χ4n) is 7.23. The summed E-state index contributed by atoms with van der Waals surface area (Å²) in [7, 11) is 0. The Bertz CT molecular complexity index is 1920. The molecule has 1 heterocycles. The number of ketones is 2. The average Bonchev–Trinajstić information content (AvgIpc) is 3.30. The smallest absolute Gasteiger partial charge is 0.228 e. The Labute approximate surface area is 238 Å². The first-order valence-corrected chi connectivity index (χ1v) is 13.8. The number of Topliss-reactive ketones (excluding diaryl/α,β-unsaturated/α-hetero) is 2. The maximum Gasteiger partial charge on any atom is 0.228 e. The Balaban J connectivity index is 1.58. The minimum atomic E-state index is -1.15. The number of carbonyl (C=O) groups is 2. The normalized spacial score (nSPS) is 22.4. The van der Waals surface area contributed by atoms with Crippen molar-refractivity contribution in [2.75, 3.05) is 0 Å². The number of hydrogen-bond acceptors (Lipinski definition) is 3. The van der Waals surface area contributed by atoms with Crippen LogP contribution in [0.3, 0.4) is 0 Å². The van der Waals surface area contributed by atoms with Crippen molar-refractivity contribution >= 4 is 22.7 Å². The van der Waals surface area contributed by atoms with E-state index in [9.17, 15) is 9.59 Å². The zero-order valence-electron chi connectivity index (χ0n) is 22.1. The standard InChI is InChI=1S/C38H24O3/c39-34-29-23-13-14-24-30(29)35(40)36-33(34)37(27-19-9-3-10-20-27)31(25-15-5-1-6-16-25)32(26-17-7-2-8-18-26)38(37,41-36)28-21-11-4-12-22-28/h1-24H/t37-,38-/m0/s1. The Morgan fingerprint density at radius 3 is 1.41 bits per heavy atom. The van der Waals surface area contributed by atoms with Crippen LogP contribution in [-0.2, 0) is 15.8 Å². The molecule has 3 aliphatic rings. The van der Waals surface area contributed by atoms with E-state index in [2.05, 4.69) is 36.4 Å². The second-order valence-electron chi connectivity index (χ2n) is 10.7. The molecule has 41 heavy (non-hydrogen) atoms. The zero-order valence-corrected chi connectivity index (χ0v) is 22.1. The van der Waals surface area contributed by atoms with Gasteiger partial charge in [0, 0.05) is 22.3 Å². The Morgan fingerprint density at radius 1 is 0.415 bits per heavy atom. The minimum Gasteiger partial charge on any atom is -0.471 e. The molecule has 0 aromatic heterocycles. The van der Waals surface area contributed by atoms with Crippen LogP contribution in [0.2, 0.25) is 0 Å². The fourth-order valence-corrected chi connectivity index (χ4v) is 7.23. The molecule has 2 atom stereocenters. The van der Waals surface area contributed by atoms with Crippen molar-refractivity contribution in [2.45, 2.75) is 11.0 Å². The Morgan fingerprint density at radius 2 is 0.854 bits per heavy atom. The summed E-state index contributed by atoms with van der Waals surface area (Å²) in [6.07, 6.45) is 0. The van der Waals surface area contributed by atoms with Crippen molar-refractivity contribution in [1.82, 2.24) is 0 Å². The summed E-state index contributed by atoms with van der Waals surface area (Å²) < 4.78 is 7.11. The van der Waals surface area contributed by atoms with Crippen LogP contribution < -0.4 is 0 Å². The van der Waals surface area contributed by atoms with E-state index >= 15 is 0 Å². The van der Waals surface area contributed by atoms with E-state index in [1.54, 1.807) is 18.2 Å². The van der Waals surface area contributed by atoms with Crippen LogP contribution in [0.25, 0.3) is 11.1 Å². The summed E-state index contributed by atoms with van der Waals surface area (Å²) in [5, 5.41) is 0. The molecule has 1 aliphatic heterocycles. The molecule has 8 rings (SSSR count). The molecule has 0 bridgehead atoms. The van der Waals surface area contributed by atoms with Gasteiger partial charge in [0.2, 0.25) is 5.78 Å². The molecule has 0 unspecified atom stereocenters. The van der Waals surface area contributed by atoms with Gasteiger partial charge in [0.1, 0.15) is 5.41 Å². The highest BCUT2D eigenvalue weighted by molar-refractivity contribution is 6.31. The second kappa shape index (κ2) is 8.61. The molecular weight excluding hydrogens is 504 g/mol. The third-order valence-electron chi connectivity index (χ3n) is 8.72. The first-order chi connectivity index (χ1) is 20.2. The largest absolute Gasteiger partial charge is 0.471 e. The maximum atomic E-state index is 14.7. The van der Waals surface area contributed by atoms with Gasteiger partial charge in [-0.25, -0.2) is 0 Å². The van der Waals surface area contributed by atoms with Gasteiger partial charge in [0.15, 0.2) is 17.1 Å². The lowest BCUT2D eigenvalue weighted by Crippen LogP contribution is -2.58. The van der Waals surface area contributed by atoms with Crippen LogP contribution in [-0.4, -0.2) is 11.6 Å². The Kier molecular flexibility index (Phi) is 4.95. The Hall–Kier alpha value is -5.28. The number of fused-ring (bicyclic) bond motifs is 3. The van der Waals surface area contributed by atoms with Gasteiger partial charge in [-0.3, -0.25) is 9.59 Å². The summed E-state index contributed by atoms with van der Waals surface area (Å²) in [5.41, 5.74) is 4.69. The first-order valence-electron chi connectivity index (χ1n) is 13.8. The topological polar surface area (TPSA) is 43.4 Å². The molecular formula is C38H24O3. The van der Waals surface area contributed by atoms with Crippen molar-refractivity contribution in [3.05, 3.63) is 190 Å². The molecule has 0 saturated heterocycles. The lowest BCUT2D eigenvalue weighted by Gasteiger charge is -2.58. The molecule has 194 valence electrons. The molecule has 0 N–H and O–H groups in total. The van der Waals surface area contributed by atoms with E-state index in [1.807, 2.05) is 91.0 Å². The van der Waals surface area contributed by atoms with Crippen LogP contribution in [0.4, 0.5) is 0 Å². The van der Waals surface area contributed by atoms with Crippen LogP contribution in [0, 0.1) is 0 Å². The lowest BCUT2D eigenvalue weighted by molar-refractivity contribution is 0.0286. The van der Waals surface area contributed by atoms with Crippen molar-refractivity contribution in [3.8, 4) is 0 Å². The fraction of sp³-hybridized carbons (Fsp3) is 0.0526. The van der Waals surface area contributed by atoms with Crippen molar-refractivity contribution in [3.63, 3.8) is 0 Å². The predicted molar refractivity (Wildman–Crippen MR) is 159 cm³/mol. The number of carbonyl (C=O) groups excluding carboxylic acids is 2. The summed E-state index contributed by atoms with van der Waals surface area (Å²) in [4.78, 5) is 28.9. The number of rotatable bonds is 4. The van der Waals surface area contributed by atoms with Gasteiger partial charge in [0.25, 0.3) is 0 Å². The molecule has 0 fully saturated rings. The third kappa shape index (κ3) is 2.87. The van der Waals surface area contributed by atoms with Crippen molar-refractivity contribution in [2.24, 2.45) is 0 Å².